The van der Waals surface area contributed by atoms with Crippen LogP contribution in [0.15, 0.2) is 0 Å². The lowest BCUT2D eigenvalue weighted by Gasteiger charge is -2.31. The van der Waals surface area contributed by atoms with Crippen LogP contribution < -0.4 is 0 Å². The molecule has 13 heavy (non-hydrogen) atoms. The third-order valence-electron chi connectivity index (χ3n) is 3.76. The van der Waals surface area contributed by atoms with Crippen LogP contribution in [0.3, 0.4) is 0 Å². The summed E-state index contributed by atoms with van der Waals surface area (Å²) >= 11 is 0. The molecule has 2 saturated heterocycles. The highest BCUT2D eigenvalue weighted by Gasteiger charge is 2.47. The smallest absolute Gasteiger partial charge is 0.115 e. The summed E-state index contributed by atoms with van der Waals surface area (Å²) < 4.78 is 13.3. The van der Waals surface area contributed by atoms with Crippen LogP contribution in [-0.4, -0.2) is 29.7 Å². The summed E-state index contributed by atoms with van der Waals surface area (Å²) in [4.78, 5) is 2.41. The van der Waals surface area contributed by atoms with Crippen LogP contribution in [0.4, 0.5) is 4.39 Å². The first-order valence-corrected chi connectivity index (χ1v) is 5.66. The van der Waals surface area contributed by atoms with Gasteiger partial charge in [0.05, 0.1) is 0 Å². The Bertz CT molecular complexity index is 183. The molecule has 2 unspecified atom stereocenters. The first-order chi connectivity index (χ1) is 6.27. The van der Waals surface area contributed by atoms with Crippen molar-refractivity contribution in [2.75, 3.05) is 13.1 Å². The van der Waals surface area contributed by atoms with Crippen molar-refractivity contribution in [3.05, 3.63) is 0 Å². The molecular formula is C11H20FN. The molecule has 0 radical (unpaired) electrons. The highest BCUT2D eigenvalue weighted by Crippen LogP contribution is 2.43. The van der Waals surface area contributed by atoms with E-state index in [9.17, 15) is 4.39 Å². The molecule has 0 spiro atoms. The van der Waals surface area contributed by atoms with Crippen molar-refractivity contribution in [3.8, 4) is 0 Å². The van der Waals surface area contributed by atoms with Gasteiger partial charge in [0.2, 0.25) is 0 Å². The zero-order chi connectivity index (χ0) is 9.31. The number of unbranched alkanes of at least 4 members (excludes halogenated alkanes) is 1. The van der Waals surface area contributed by atoms with E-state index in [1.165, 1.54) is 32.1 Å². The van der Waals surface area contributed by atoms with Gasteiger partial charge in [-0.3, -0.25) is 4.90 Å². The van der Waals surface area contributed by atoms with Crippen molar-refractivity contribution in [2.45, 2.75) is 57.2 Å². The van der Waals surface area contributed by atoms with Gasteiger partial charge in [0.25, 0.3) is 0 Å². The molecule has 2 aliphatic rings. The van der Waals surface area contributed by atoms with Crippen LogP contribution >= 0.6 is 0 Å². The van der Waals surface area contributed by atoms with Crippen molar-refractivity contribution in [3.63, 3.8) is 0 Å². The van der Waals surface area contributed by atoms with Gasteiger partial charge < -0.3 is 0 Å². The van der Waals surface area contributed by atoms with Crippen molar-refractivity contribution in [2.24, 2.45) is 0 Å². The van der Waals surface area contributed by atoms with E-state index in [-0.39, 0.29) is 5.54 Å². The zero-order valence-corrected chi connectivity index (χ0v) is 8.56. The maximum absolute atomic E-state index is 13.3. The fraction of sp³-hybridized carbons (Fsp3) is 1.00. The molecule has 2 heterocycles. The summed E-state index contributed by atoms with van der Waals surface area (Å²) in [6.45, 7) is 4.08. The molecular weight excluding hydrogens is 165 g/mol. The third-order valence-corrected chi connectivity index (χ3v) is 3.76. The van der Waals surface area contributed by atoms with Gasteiger partial charge in [-0.1, -0.05) is 19.8 Å². The van der Waals surface area contributed by atoms with E-state index in [1.807, 2.05) is 0 Å². The summed E-state index contributed by atoms with van der Waals surface area (Å²) in [5.74, 6) is 0. The number of nitrogens with zero attached hydrogens (tertiary/aromatic N) is 1. The van der Waals surface area contributed by atoms with Crippen LogP contribution in [0, 0.1) is 0 Å². The Morgan fingerprint density at radius 2 is 2.38 bits per heavy atom. The Balaban J connectivity index is 2.00. The highest BCUT2D eigenvalue weighted by molar-refractivity contribution is 5.03. The minimum atomic E-state index is -0.544. The molecule has 2 aliphatic heterocycles. The van der Waals surface area contributed by atoms with Crippen molar-refractivity contribution < 1.29 is 4.39 Å². The van der Waals surface area contributed by atoms with Crippen LogP contribution in [0.1, 0.15) is 45.4 Å². The average molecular weight is 185 g/mol. The Hall–Kier alpha value is -0.110. The van der Waals surface area contributed by atoms with E-state index < -0.39 is 6.17 Å². The van der Waals surface area contributed by atoms with Gasteiger partial charge in [0.15, 0.2) is 0 Å². The molecule has 0 amide bonds. The molecule has 2 rings (SSSR count). The van der Waals surface area contributed by atoms with Crippen LogP contribution in [0.2, 0.25) is 0 Å². The van der Waals surface area contributed by atoms with Crippen LogP contribution in [-0.2, 0) is 0 Å². The topological polar surface area (TPSA) is 3.24 Å². The molecule has 0 bridgehead atoms. The lowest BCUT2D eigenvalue weighted by Crippen LogP contribution is -2.37. The number of hydrogen-bond donors (Lipinski definition) is 0. The van der Waals surface area contributed by atoms with Gasteiger partial charge in [0.1, 0.15) is 6.17 Å². The SMILES string of the molecule is CCCCC12CCCN1CC(F)C2. The Kier molecular flexibility index (Phi) is 2.59. The molecule has 0 aliphatic carbocycles. The molecule has 0 aromatic rings. The molecule has 2 fully saturated rings. The lowest BCUT2D eigenvalue weighted by molar-refractivity contribution is 0.178. The minimum Gasteiger partial charge on any atom is -0.295 e. The number of halogens is 1. The number of alkyl halides is 1. The minimum absolute atomic E-state index is 0.287. The number of fused-ring (bicyclic) bond motifs is 1. The predicted octanol–water partition coefficient (Wildman–Crippen LogP) is 2.75. The van der Waals surface area contributed by atoms with E-state index >= 15 is 0 Å². The molecule has 2 heteroatoms. The maximum atomic E-state index is 13.3. The predicted molar refractivity (Wildman–Crippen MR) is 52.6 cm³/mol. The second kappa shape index (κ2) is 3.56. The molecule has 0 N–H and O–H groups in total. The van der Waals surface area contributed by atoms with E-state index in [0.29, 0.717) is 6.54 Å². The summed E-state index contributed by atoms with van der Waals surface area (Å²) in [5.41, 5.74) is 0.287. The van der Waals surface area contributed by atoms with E-state index in [2.05, 4.69) is 11.8 Å². The normalized spacial score (nSPS) is 39.7. The van der Waals surface area contributed by atoms with Crippen LogP contribution in [0.5, 0.6) is 0 Å². The molecule has 0 saturated carbocycles. The van der Waals surface area contributed by atoms with Crippen molar-refractivity contribution >= 4 is 0 Å². The first kappa shape index (κ1) is 9.45. The van der Waals surface area contributed by atoms with Gasteiger partial charge in [-0.2, -0.15) is 0 Å². The summed E-state index contributed by atoms with van der Waals surface area (Å²) in [7, 11) is 0. The number of hydrogen-bond acceptors (Lipinski definition) is 1. The molecule has 1 nitrogen and oxygen atoms in total. The van der Waals surface area contributed by atoms with E-state index in [4.69, 9.17) is 0 Å². The maximum Gasteiger partial charge on any atom is 0.115 e. The van der Waals surface area contributed by atoms with Crippen molar-refractivity contribution in [1.29, 1.82) is 0 Å². The second-order valence-corrected chi connectivity index (χ2v) is 4.68. The largest absolute Gasteiger partial charge is 0.295 e. The molecule has 2 atom stereocenters. The van der Waals surface area contributed by atoms with E-state index in [1.54, 1.807) is 0 Å². The fourth-order valence-corrected chi connectivity index (χ4v) is 3.12. The van der Waals surface area contributed by atoms with Gasteiger partial charge in [0, 0.05) is 12.1 Å². The quantitative estimate of drug-likeness (QED) is 0.653. The van der Waals surface area contributed by atoms with Gasteiger partial charge in [-0.05, 0) is 32.2 Å². The van der Waals surface area contributed by atoms with Gasteiger partial charge in [-0.25, -0.2) is 4.39 Å². The molecule has 0 aromatic carbocycles. The number of rotatable bonds is 3. The summed E-state index contributed by atoms with van der Waals surface area (Å²) in [6, 6.07) is 0. The zero-order valence-electron chi connectivity index (χ0n) is 8.56. The average Bonchev–Trinajstić information content (AvgIpc) is 2.57. The highest BCUT2D eigenvalue weighted by atomic mass is 19.1. The van der Waals surface area contributed by atoms with Gasteiger partial charge >= 0.3 is 0 Å². The molecule has 0 aromatic heterocycles. The third kappa shape index (κ3) is 1.61. The van der Waals surface area contributed by atoms with Crippen molar-refractivity contribution in [1.82, 2.24) is 4.90 Å². The Morgan fingerprint density at radius 3 is 3.15 bits per heavy atom. The summed E-state index contributed by atoms with van der Waals surface area (Å²) in [5, 5.41) is 0. The second-order valence-electron chi connectivity index (χ2n) is 4.68. The monoisotopic (exact) mass is 185 g/mol. The molecule has 76 valence electrons. The Morgan fingerprint density at radius 1 is 1.54 bits per heavy atom. The Labute approximate surface area is 80.3 Å². The van der Waals surface area contributed by atoms with Gasteiger partial charge in [-0.15, -0.1) is 0 Å². The van der Waals surface area contributed by atoms with Crippen LogP contribution in [0.25, 0.3) is 0 Å². The summed E-state index contributed by atoms with van der Waals surface area (Å²) in [6.07, 6.45) is 6.54. The first-order valence-electron chi connectivity index (χ1n) is 5.66. The lowest BCUT2D eigenvalue weighted by atomic mass is 9.88. The standard InChI is InChI=1S/C11H20FN/c1-2-3-5-11-6-4-7-13(11)9-10(12)8-11/h10H,2-9H2,1H3. The fourth-order valence-electron chi connectivity index (χ4n) is 3.12. The van der Waals surface area contributed by atoms with E-state index in [0.717, 1.165) is 13.0 Å².